The average Bonchev–Trinajstić information content (AvgIpc) is 2.79. The first-order valence-electron chi connectivity index (χ1n) is 7.83. The summed E-state index contributed by atoms with van der Waals surface area (Å²) >= 11 is 7.13. The summed E-state index contributed by atoms with van der Waals surface area (Å²) in [6.45, 7) is 6.15. The lowest BCUT2D eigenvalue weighted by atomic mass is 10.1. The number of thioether (sulfide) groups is 1. The zero-order chi connectivity index (χ0) is 17.3. The fourth-order valence-electron chi connectivity index (χ4n) is 2.86. The van der Waals surface area contributed by atoms with E-state index in [1.807, 2.05) is 66.4 Å². The van der Waals surface area contributed by atoms with E-state index in [2.05, 4.69) is 13.8 Å². The van der Waals surface area contributed by atoms with Crippen LogP contribution in [0.4, 0.5) is 5.69 Å². The quantitative estimate of drug-likeness (QED) is 0.265. The molecule has 0 amide bonds. The van der Waals surface area contributed by atoms with Gasteiger partial charge in [-0.3, -0.25) is 4.90 Å². The second-order valence-corrected chi connectivity index (χ2v) is 8.74. The minimum atomic E-state index is -0.390. The highest BCUT2D eigenvalue weighted by molar-refractivity contribution is 8.24. The van der Waals surface area contributed by atoms with Gasteiger partial charge in [-0.25, -0.2) is 0 Å². The van der Waals surface area contributed by atoms with Crippen molar-refractivity contribution >= 4 is 40.2 Å². The molecule has 0 spiro atoms. The lowest BCUT2D eigenvalue weighted by Gasteiger charge is -2.29. The van der Waals surface area contributed by atoms with E-state index in [-0.39, 0.29) is 4.75 Å². The normalized spacial score (nSPS) is 20.5. The number of nitrogens with zero attached hydrogens (tertiary/aromatic N) is 2. The van der Waals surface area contributed by atoms with E-state index in [1.54, 1.807) is 18.0 Å². The molecule has 0 N–H and O–H groups in total. The first-order chi connectivity index (χ1) is 11.4. The molecule has 0 aromatic heterocycles. The molecule has 0 saturated carbocycles. The minimum Gasteiger partial charge on any atom is -0.622 e. The van der Waals surface area contributed by atoms with Gasteiger partial charge in [0.05, 0.1) is 0 Å². The fourth-order valence-corrected chi connectivity index (χ4v) is 4.78. The summed E-state index contributed by atoms with van der Waals surface area (Å²) in [6, 6.07) is 17.8. The molecule has 1 aliphatic rings. The van der Waals surface area contributed by atoms with Gasteiger partial charge in [0.15, 0.2) is 6.21 Å². The number of para-hydroxylation sites is 1. The monoisotopic (exact) mass is 356 g/mol. The summed E-state index contributed by atoms with van der Waals surface area (Å²) < 4.78 is 1.45. The van der Waals surface area contributed by atoms with Crippen LogP contribution in [0.1, 0.15) is 25.0 Å². The van der Waals surface area contributed by atoms with Crippen LogP contribution < -0.4 is 4.90 Å². The highest BCUT2D eigenvalue weighted by Gasteiger charge is 2.51. The molecule has 1 unspecified atom stereocenters. The van der Waals surface area contributed by atoms with Gasteiger partial charge in [0.25, 0.3) is 6.17 Å². The molecule has 1 saturated heterocycles. The summed E-state index contributed by atoms with van der Waals surface area (Å²) in [5.74, 6) is 0. The smallest absolute Gasteiger partial charge is 0.258 e. The molecule has 3 rings (SSSR count). The van der Waals surface area contributed by atoms with Gasteiger partial charge in [-0.2, -0.15) is 4.74 Å². The van der Waals surface area contributed by atoms with Crippen LogP contribution in [0.25, 0.3) is 0 Å². The number of rotatable bonds is 3. The highest BCUT2D eigenvalue weighted by atomic mass is 32.2. The Kier molecular flexibility index (Phi) is 4.65. The van der Waals surface area contributed by atoms with Crippen molar-refractivity contribution in [2.75, 3.05) is 4.90 Å². The molecule has 0 aliphatic carbocycles. The Labute approximate surface area is 152 Å². The van der Waals surface area contributed by atoms with Gasteiger partial charge in [0, 0.05) is 11.3 Å². The maximum atomic E-state index is 13.0. The van der Waals surface area contributed by atoms with Crippen LogP contribution in [-0.4, -0.2) is 26.2 Å². The number of hydrogen-bond acceptors (Lipinski definition) is 3. The predicted molar refractivity (Wildman–Crippen MR) is 107 cm³/mol. The number of aryl methyl sites for hydroxylation is 1. The molecule has 3 nitrogen and oxygen atoms in total. The maximum absolute atomic E-state index is 13.0. The summed E-state index contributed by atoms with van der Waals surface area (Å²) in [5.41, 5.74) is 3.01. The third kappa shape index (κ3) is 3.32. The molecule has 0 radical (unpaired) electrons. The van der Waals surface area contributed by atoms with Crippen LogP contribution in [0, 0.1) is 12.1 Å². The predicted octanol–water partition coefficient (Wildman–Crippen LogP) is 4.57. The third-order valence-corrected chi connectivity index (χ3v) is 5.60. The Morgan fingerprint density at radius 2 is 1.75 bits per heavy atom. The van der Waals surface area contributed by atoms with Crippen LogP contribution in [0.2, 0.25) is 0 Å². The van der Waals surface area contributed by atoms with Crippen molar-refractivity contribution in [3.8, 4) is 0 Å². The van der Waals surface area contributed by atoms with E-state index in [9.17, 15) is 5.21 Å². The average molecular weight is 357 g/mol. The van der Waals surface area contributed by atoms with Crippen LogP contribution in [-0.2, 0) is 0 Å². The SMILES string of the molecule is Cc1ccc(/C=[N+](\[O-])C2N(c3ccccc3)C(=S)SC2(C)C)cc1. The van der Waals surface area contributed by atoms with Crippen molar-refractivity contribution < 1.29 is 4.74 Å². The Hall–Kier alpha value is -1.85. The first-order valence-corrected chi connectivity index (χ1v) is 9.05. The van der Waals surface area contributed by atoms with E-state index in [4.69, 9.17) is 12.2 Å². The number of hydrogen-bond donors (Lipinski definition) is 0. The van der Waals surface area contributed by atoms with Gasteiger partial charge in [-0.15, -0.1) is 0 Å². The Morgan fingerprint density at radius 3 is 2.38 bits per heavy atom. The molecule has 2 aromatic rings. The lowest BCUT2D eigenvalue weighted by Crippen LogP contribution is -2.48. The fraction of sp³-hybridized carbons (Fsp3) is 0.263. The van der Waals surface area contributed by atoms with Crippen molar-refractivity contribution in [1.82, 2.24) is 0 Å². The van der Waals surface area contributed by atoms with E-state index in [1.165, 1.54) is 5.56 Å². The number of hydroxylamine groups is 1. The van der Waals surface area contributed by atoms with Gasteiger partial charge in [0.2, 0.25) is 0 Å². The molecule has 1 heterocycles. The number of benzene rings is 2. The molecule has 2 aromatic carbocycles. The topological polar surface area (TPSA) is 29.3 Å². The standard InChI is InChI=1S/C19H20N2OS2/c1-14-9-11-15(12-10-14)13-20(22)17-19(2,3)24-18(23)21(17)16-7-5-4-6-8-16/h4-13,17H,1-3H3/b20-13-. The Balaban J connectivity index is 2.01. The molecular formula is C19H20N2OS2. The van der Waals surface area contributed by atoms with Crippen molar-refractivity contribution in [1.29, 1.82) is 0 Å². The molecule has 1 atom stereocenters. The molecule has 24 heavy (non-hydrogen) atoms. The van der Waals surface area contributed by atoms with E-state index in [0.29, 0.717) is 0 Å². The largest absolute Gasteiger partial charge is 0.622 e. The van der Waals surface area contributed by atoms with Gasteiger partial charge < -0.3 is 5.21 Å². The van der Waals surface area contributed by atoms with Gasteiger partial charge in [-0.1, -0.05) is 59.9 Å². The van der Waals surface area contributed by atoms with Gasteiger partial charge >= 0.3 is 0 Å². The Morgan fingerprint density at radius 1 is 1.12 bits per heavy atom. The summed E-state index contributed by atoms with van der Waals surface area (Å²) in [4.78, 5) is 1.96. The number of anilines is 1. The summed E-state index contributed by atoms with van der Waals surface area (Å²) in [7, 11) is 0. The first kappa shape index (κ1) is 17.0. The van der Waals surface area contributed by atoms with Crippen LogP contribution in [0.15, 0.2) is 54.6 Å². The van der Waals surface area contributed by atoms with E-state index >= 15 is 0 Å². The minimum absolute atomic E-state index is 0.310. The lowest BCUT2D eigenvalue weighted by molar-refractivity contribution is -0.497. The molecule has 1 fully saturated rings. The number of thiocarbonyl (C=S) groups is 1. The second kappa shape index (κ2) is 6.57. The van der Waals surface area contributed by atoms with Crippen molar-refractivity contribution in [2.45, 2.75) is 31.7 Å². The Bertz CT molecular complexity index is 770. The van der Waals surface area contributed by atoms with Crippen LogP contribution in [0.3, 0.4) is 0 Å². The summed E-state index contributed by atoms with van der Waals surface area (Å²) in [6.07, 6.45) is 1.26. The van der Waals surface area contributed by atoms with E-state index in [0.717, 1.165) is 20.3 Å². The van der Waals surface area contributed by atoms with Gasteiger partial charge in [0.1, 0.15) is 9.07 Å². The zero-order valence-electron chi connectivity index (χ0n) is 14.0. The van der Waals surface area contributed by atoms with Crippen molar-refractivity contribution in [3.63, 3.8) is 0 Å². The third-order valence-electron chi connectivity index (χ3n) is 4.04. The highest BCUT2D eigenvalue weighted by Crippen LogP contribution is 2.43. The zero-order valence-corrected chi connectivity index (χ0v) is 15.6. The second-order valence-electron chi connectivity index (χ2n) is 6.45. The summed E-state index contributed by atoms with van der Waals surface area (Å²) in [5, 5.41) is 13.0. The molecule has 124 valence electrons. The van der Waals surface area contributed by atoms with Crippen LogP contribution in [0.5, 0.6) is 0 Å². The molecule has 0 bridgehead atoms. The van der Waals surface area contributed by atoms with Crippen molar-refractivity contribution in [2.24, 2.45) is 0 Å². The molecule has 1 aliphatic heterocycles. The maximum Gasteiger partial charge on any atom is 0.258 e. The van der Waals surface area contributed by atoms with E-state index < -0.39 is 6.17 Å². The molecular weight excluding hydrogens is 336 g/mol. The molecule has 5 heteroatoms. The van der Waals surface area contributed by atoms with Gasteiger partial charge in [-0.05, 0) is 45.0 Å². The van der Waals surface area contributed by atoms with Crippen molar-refractivity contribution in [3.05, 3.63) is 70.9 Å². The van der Waals surface area contributed by atoms with Crippen LogP contribution >= 0.6 is 24.0 Å².